The lowest BCUT2D eigenvalue weighted by atomic mass is 10.1. The van der Waals surface area contributed by atoms with Crippen LogP contribution in [0.3, 0.4) is 0 Å². The Bertz CT molecular complexity index is 1070. The van der Waals surface area contributed by atoms with Crippen molar-refractivity contribution < 1.29 is 27.4 Å². The Balaban J connectivity index is 1.74. The zero-order chi connectivity index (χ0) is 21.7. The number of nitrogens with zero attached hydrogens (tertiary/aromatic N) is 2. The highest BCUT2D eigenvalue weighted by Gasteiger charge is 2.23. The van der Waals surface area contributed by atoms with E-state index in [0.717, 1.165) is 16.1 Å². The first-order valence-corrected chi connectivity index (χ1v) is 11.0. The highest BCUT2D eigenvalue weighted by atomic mass is 32.2. The van der Waals surface area contributed by atoms with Gasteiger partial charge in [0.15, 0.2) is 11.5 Å². The van der Waals surface area contributed by atoms with Crippen LogP contribution in [0, 0.1) is 0 Å². The van der Waals surface area contributed by atoms with Gasteiger partial charge in [0.1, 0.15) is 25.5 Å². The van der Waals surface area contributed by atoms with Crippen LogP contribution in [0.5, 0.6) is 17.2 Å². The summed E-state index contributed by atoms with van der Waals surface area (Å²) in [4.78, 5) is 12.4. The Morgan fingerprint density at radius 2 is 1.87 bits per heavy atom. The molecule has 0 aromatic heterocycles. The highest BCUT2D eigenvalue weighted by Crippen LogP contribution is 2.31. The van der Waals surface area contributed by atoms with Crippen molar-refractivity contribution in [3.63, 3.8) is 0 Å². The molecule has 1 amide bonds. The van der Waals surface area contributed by atoms with Gasteiger partial charge in [0.2, 0.25) is 10.0 Å². The van der Waals surface area contributed by atoms with Gasteiger partial charge in [-0.2, -0.15) is 5.10 Å². The predicted molar refractivity (Wildman–Crippen MR) is 113 cm³/mol. The van der Waals surface area contributed by atoms with Crippen molar-refractivity contribution in [1.82, 2.24) is 5.43 Å². The molecule has 1 aliphatic rings. The summed E-state index contributed by atoms with van der Waals surface area (Å²) in [6.07, 6.45) is 1.02. The maximum Gasteiger partial charge on any atom is 0.260 e. The van der Waals surface area contributed by atoms with E-state index in [1.54, 1.807) is 49.4 Å². The largest absolute Gasteiger partial charge is 0.495 e. The second kappa shape index (κ2) is 9.04. The zero-order valence-electron chi connectivity index (χ0n) is 16.9. The minimum absolute atomic E-state index is 0.269. The van der Waals surface area contributed by atoms with Crippen molar-refractivity contribution in [2.24, 2.45) is 5.10 Å². The average molecular weight is 433 g/mol. The van der Waals surface area contributed by atoms with E-state index in [0.29, 0.717) is 36.2 Å². The number of carbonyl (C=O) groups excluding carboxylic acids is 1. The number of hydrazone groups is 1. The van der Waals surface area contributed by atoms with E-state index >= 15 is 0 Å². The molecule has 3 rings (SSSR count). The molecule has 160 valence electrons. The van der Waals surface area contributed by atoms with Crippen LogP contribution in [0.25, 0.3) is 0 Å². The van der Waals surface area contributed by atoms with Crippen LogP contribution in [0.1, 0.15) is 12.5 Å². The standard InChI is InChI=1S/C20H23N3O6S/c1-14(15-8-9-18-19(12-15)29-11-10-28-18)21-22-20(24)13-23(30(3,25)26)16-6-4-5-7-17(16)27-2/h4-9,12H,10-11,13H2,1-3H3,(H,22,24)/b21-14-. The number of fused-ring (bicyclic) bond motifs is 1. The molecule has 0 fully saturated rings. The van der Waals surface area contributed by atoms with Crippen molar-refractivity contribution >= 4 is 27.3 Å². The van der Waals surface area contributed by atoms with Crippen LogP contribution in [-0.4, -0.2) is 53.2 Å². The number of methoxy groups -OCH3 is 1. The van der Waals surface area contributed by atoms with Crippen LogP contribution in [-0.2, 0) is 14.8 Å². The summed E-state index contributed by atoms with van der Waals surface area (Å²) in [6.45, 7) is 2.24. The third kappa shape index (κ3) is 5.01. The Labute approximate surface area is 175 Å². The minimum atomic E-state index is -3.73. The summed E-state index contributed by atoms with van der Waals surface area (Å²) in [6, 6.07) is 11.9. The number of amides is 1. The minimum Gasteiger partial charge on any atom is -0.495 e. The first kappa shape index (κ1) is 21.4. The molecule has 1 heterocycles. The van der Waals surface area contributed by atoms with Gasteiger partial charge in [0.05, 0.1) is 24.8 Å². The van der Waals surface area contributed by atoms with Crippen LogP contribution in [0.15, 0.2) is 47.6 Å². The van der Waals surface area contributed by atoms with Crippen LogP contribution in [0.2, 0.25) is 0 Å². The Kier molecular flexibility index (Phi) is 6.46. The lowest BCUT2D eigenvalue weighted by molar-refractivity contribution is -0.119. The normalized spacial score (nSPS) is 13.5. The fraction of sp³-hybridized carbons (Fsp3) is 0.300. The number of benzene rings is 2. The number of nitrogens with one attached hydrogen (secondary N) is 1. The molecule has 9 nitrogen and oxygen atoms in total. The summed E-state index contributed by atoms with van der Waals surface area (Å²) < 4.78 is 41.7. The van der Waals surface area contributed by atoms with E-state index in [-0.39, 0.29) is 5.69 Å². The smallest absolute Gasteiger partial charge is 0.260 e. The molecule has 0 aliphatic carbocycles. The molecule has 0 bridgehead atoms. The van der Waals surface area contributed by atoms with Gasteiger partial charge in [-0.3, -0.25) is 9.10 Å². The third-order valence-corrected chi connectivity index (χ3v) is 5.48. The lowest BCUT2D eigenvalue weighted by Gasteiger charge is -2.23. The van der Waals surface area contributed by atoms with E-state index < -0.39 is 22.5 Å². The van der Waals surface area contributed by atoms with Crippen LogP contribution in [0.4, 0.5) is 5.69 Å². The summed E-state index contributed by atoms with van der Waals surface area (Å²) in [5, 5.41) is 4.08. The molecule has 2 aromatic rings. The molecule has 0 atom stereocenters. The topological polar surface area (TPSA) is 107 Å². The maximum absolute atomic E-state index is 12.4. The molecule has 0 saturated heterocycles. The van der Waals surface area contributed by atoms with E-state index in [2.05, 4.69) is 10.5 Å². The monoisotopic (exact) mass is 433 g/mol. The summed E-state index contributed by atoms with van der Waals surface area (Å²) in [7, 11) is -2.30. The fourth-order valence-electron chi connectivity index (χ4n) is 2.86. The van der Waals surface area contributed by atoms with Gasteiger partial charge < -0.3 is 14.2 Å². The first-order chi connectivity index (χ1) is 14.3. The fourth-order valence-corrected chi connectivity index (χ4v) is 3.72. The van der Waals surface area contributed by atoms with Crippen molar-refractivity contribution in [3.8, 4) is 17.2 Å². The molecule has 0 spiro atoms. The van der Waals surface area contributed by atoms with Crippen LogP contribution >= 0.6 is 0 Å². The SMILES string of the molecule is COc1ccccc1N(CC(=O)N/N=C(/C)c1ccc2c(c1)OCCO2)S(C)(=O)=O. The number of rotatable bonds is 7. The second-order valence-electron chi connectivity index (χ2n) is 6.53. The van der Waals surface area contributed by atoms with E-state index in [1.165, 1.54) is 7.11 Å². The Morgan fingerprint density at radius 3 is 2.57 bits per heavy atom. The maximum atomic E-state index is 12.4. The molecule has 0 saturated carbocycles. The Hall–Kier alpha value is -3.27. The van der Waals surface area contributed by atoms with Crippen molar-refractivity contribution in [2.45, 2.75) is 6.92 Å². The summed E-state index contributed by atoms with van der Waals surface area (Å²) in [5.74, 6) is 1.01. The van der Waals surface area contributed by atoms with Gasteiger partial charge in [-0.05, 0) is 37.3 Å². The average Bonchev–Trinajstić information content (AvgIpc) is 2.74. The molecule has 2 aromatic carbocycles. The molecule has 0 radical (unpaired) electrons. The van der Waals surface area contributed by atoms with Gasteiger partial charge in [-0.25, -0.2) is 13.8 Å². The van der Waals surface area contributed by atoms with Crippen molar-refractivity contribution in [1.29, 1.82) is 0 Å². The molecule has 1 aliphatic heterocycles. The second-order valence-corrected chi connectivity index (χ2v) is 8.44. The van der Waals surface area contributed by atoms with Crippen molar-refractivity contribution in [3.05, 3.63) is 48.0 Å². The number of sulfonamides is 1. The van der Waals surface area contributed by atoms with E-state index in [9.17, 15) is 13.2 Å². The summed E-state index contributed by atoms with van der Waals surface area (Å²) in [5.41, 5.74) is 3.94. The van der Waals surface area contributed by atoms with Gasteiger partial charge in [0, 0.05) is 5.56 Å². The Morgan fingerprint density at radius 1 is 1.17 bits per heavy atom. The molecular formula is C20H23N3O6S. The number of ether oxygens (including phenoxy) is 3. The molecule has 10 heteroatoms. The number of carbonyl (C=O) groups is 1. The molecule has 30 heavy (non-hydrogen) atoms. The predicted octanol–water partition coefficient (Wildman–Crippen LogP) is 1.77. The van der Waals surface area contributed by atoms with Gasteiger partial charge in [-0.15, -0.1) is 0 Å². The summed E-state index contributed by atoms with van der Waals surface area (Å²) >= 11 is 0. The molecule has 0 unspecified atom stereocenters. The molecular weight excluding hydrogens is 410 g/mol. The number of hydrogen-bond donors (Lipinski definition) is 1. The first-order valence-electron chi connectivity index (χ1n) is 9.13. The lowest BCUT2D eigenvalue weighted by Crippen LogP contribution is -2.39. The van der Waals surface area contributed by atoms with E-state index in [1.807, 2.05) is 0 Å². The number of anilines is 1. The van der Waals surface area contributed by atoms with E-state index in [4.69, 9.17) is 14.2 Å². The van der Waals surface area contributed by atoms with Gasteiger partial charge in [-0.1, -0.05) is 12.1 Å². The number of para-hydroxylation sites is 2. The number of hydrogen-bond acceptors (Lipinski definition) is 7. The quantitative estimate of drug-likeness (QED) is 0.527. The van der Waals surface area contributed by atoms with Gasteiger partial charge >= 0.3 is 0 Å². The highest BCUT2D eigenvalue weighted by molar-refractivity contribution is 7.92. The van der Waals surface area contributed by atoms with Crippen molar-refractivity contribution in [2.75, 3.05) is 37.4 Å². The van der Waals surface area contributed by atoms with Gasteiger partial charge in [0.25, 0.3) is 5.91 Å². The van der Waals surface area contributed by atoms with Crippen LogP contribution < -0.4 is 23.9 Å². The molecule has 1 N–H and O–H groups in total. The zero-order valence-corrected chi connectivity index (χ0v) is 17.7. The third-order valence-electron chi connectivity index (χ3n) is 4.35.